The number of nitrogens with zero attached hydrogens (tertiary/aromatic N) is 1. The third-order valence-electron chi connectivity index (χ3n) is 2.82. The van der Waals surface area contributed by atoms with E-state index in [1.54, 1.807) is 20.0 Å². The molecule has 0 unspecified atom stereocenters. The van der Waals surface area contributed by atoms with Crippen LogP contribution < -0.4 is 0 Å². The van der Waals surface area contributed by atoms with Gasteiger partial charge in [-0.15, -0.1) is 6.58 Å². The first-order chi connectivity index (χ1) is 9.01. The minimum atomic E-state index is -1.08. The van der Waals surface area contributed by atoms with Gasteiger partial charge in [0.15, 0.2) is 5.76 Å². The third kappa shape index (κ3) is 3.71. The van der Waals surface area contributed by atoms with E-state index in [4.69, 9.17) is 9.52 Å². The number of hydrogen-bond acceptors (Lipinski definition) is 3. The van der Waals surface area contributed by atoms with Crippen LogP contribution >= 0.6 is 0 Å². The van der Waals surface area contributed by atoms with E-state index >= 15 is 0 Å². The fourth-order valence-corrected chi connectivity index (χ4v) is 1.74. The van der Waals surface area contributed by atoms with Crippen molar-refractivity contribution in [2.45, 2.75) is 26.2 Å². The molecule has 0 radical (unpaired) electrons. The van der Waals surface area contributed by atoms with Gasteiger partial charge in [-0.2, -0.15) is 0 Å². The van der Waals surface area contributed by atoms with E-state index in [0.717, 1.165) is 12.8 Å². The first-order valence-corrected chi connectivity index (χ1v) is 6.23. The lowest BCUT2D eigenvalue weighted by Crippen LogP contribution is -2.27. The molecule has 0 spiro atoms. The molecule has 5 nitrogen and oxygen atoms in total. The first-order valence-electron chi connectivity index (χ1n) is 6.23. The summed E-state index contributed by atoms with van der Waals surface area (Å²) in [6, 6.07) is 1.30. The molecule has 0 aromatic carbocycles. The number of carboxylic acid groups (broad SMARTS) is 1. The summed E-state index contributed by atoms with van der Waals surface area (Å²) in [4.78, 5) is 24.6. The lowest BCUT2D eigenvalue weighted by atomic mass is 10.2. The van der Waals surface area contributed by atoms with Gasteiger partial charge in [-0.1, -0.05) is 13.0 Å². The molecule has 1 aromatic rings. The number of furan rings is 1. The number of carboxylic acids is 1. The predicted molar refractivity (Wildman–Crippen MR) is 71.4 cm³/mol. The average molecular weight is 265 g/mol. The van der Waals surface area contributed by atoms with Crippen LogP contribution in [0, 0.1) is 0 Å². The van der Waals surface area contributed by atoms with E-state index < -0.39 is 5.97 Å². The van der Waals surface area contributed by atoms with E-state index in [2.05, 4.69) is 6.58 Å². The van der Waals surface area contributed by atoms with Crippen LogP contribution in [-0.2, 0) is 6.42 Å². The lowest BCUT2D eigenvalue weighted by Gasteiger charge is -2.14. The van der Waals surface area contributed by atoms with Crippen molar-refractivity contribution >= 4 is 11.9 Å². The Bertz CT molecular complexity index is 476. The van der Waals surface area contributed by atoms with Crippen LogP contribution in [0.4, 0.5) is 0 Å². The number of allylic oxidation sites excluding steroid dienone is 1. The summed E-state index contributed by atoms with van der Waals surface area (Å²) in [5.41, 5.74) is 0.0605. The van der Waals surface area contributed by atoms with Crippen LogP contribution in [0.15, 0.2) is 23.1 Å². The summed E-state index contributed by atoms with van der Waals surface area (Å²) < 4.78 is 5.32. The number of aromatic carboxylic acids is 1. The van der Waals surface area contributed by atoms with Crippen molar-refractivity contribution in [2.24, 2.45) is 0 Å². The molecule has 0 atom stereocenters. The molecule has 0 saturated heterocycles. The van der Waals surface area contributed by atoms with Gasteiger partial charge < -0.3 is 14.4 Å². The van der Waals surface area contributed by atoms with E-state index in [-0.39, 0.29) is 17.2 Å². The molecule has 1 rings (SSSR count). The standard InChI is InChI=1S/C14H19NO4/c1-4-6-7-8-15(3)13(16)12-9-10(14(17)18)11(5-2)19-12/h4,9H,1,5-8H2,2-3H3,(H,17,18). The smallest absolute Gasteiger partial charge is 0.339 e. The zero-order valence-electron chi connectivity index (χ0n) is 11.3. The summed E-state index contributed by atoms with van der Waals surface area (Å²) in [5, 5.41) is 9.01. The van der Waals surface area contributed by atoms with E-state index in [1.165, 1.54) is 11.0 Å². The molecule has 1 amide bonds. The number of hydrogen-bond donors (Lipinski definition) is 1. The van der Waals surface area contributed by atoms with Crippen LogP contribution in [0.25, 0.3) is 0 Å². The number of aryl methyl sites for hydroxylation is 1. The van der Waals surface area contributed by atoms with Crippen molar-refractivity contribution in [3.05, 3.63) is 35.8 Å². The van der Waals surface area contributed by atoms with Crippen molar-refractivity contribution < 1.29 is 19.1 Å². The van der Waals surface area contributed by atoms with Crippen molar-refractivity contribution in [3.8, 4) is 0 Å². The Labute approximate surface area is 112 Å². The first kappa shape index (κ1) is 15.0. The largest absolute Gasteiger partial charge is 0.478 e. The Kier molecular flexibility index (Phi) is 5.36. The summed E-state index contributed by atoms with van der Waals surface area (Å²) in [5.74, 6) is -0.967. The van der Waals surface area contributed by atoms with Gasteiger partial charge in [0.25, 0.3) is 5.91 Å². The Hall–Kier alpha value is -2.04. The molecule has 0 bridgehead atoms. The van der Waals surface area contributed by atoms with Gasteiger partial charge in [0.1, 0.15) is 11.3 Å². The van der Waals surface area contributed by atoms with Crippen molar-refractivity contribution in [1.82, 2.24) is 4.90 Å². The topological polar surface area (TPSA) is 70.8 Å². The quantitative estimate of drug-likeness (QED) is 0.607. The van der Waals surface area contributed by atoms with Crippen LogP contribution in [0.3, 0.4) is 0 Å². The van der Waals surface area contributed by atoms with Crippen LogP contribution in [0.2, 0.25) is 0 Å². The second-order valence-electron chi connectivity index (χ2n) is 4.26. The molecule has 1 aromatic heterocycles. The fraction of sp³-hybridized carbons (Fsp3) is 0.429. The lowest BCUT2D eigenvalue weighted by molar-refractivity contribution is 0.0693. The molecule has 0 fully saturated rings. The summed E-state index contributed by atoms with van der Waals surface area (Å²) >= 11 is 0. The molecule has 5 heteroatoms. The monoisotopic (exact) mass is 265 g/mol. The zero-order valence-corrected chi connectivity index (χ0v) is 11.3. The van der Waals surface area contributed by atoms with Gasteiger partial charge in [-0.05, 0) is 12.8 Å². The Balaban J connectivity index is 2.81. The molecule has 104 valence electrons. The van der Waals surface area contributed by atoms with Crippen LogP contribution in [0.1, 0.15) is 46.4 Å². The van der Waals surface area contributed by atoms with Gasteiger partial charge in [-0.25, -0.2) is 4.79 Å². The maximum absolute atomic E-state index is 12.1. The SMILES string of the molecule is C=CCCCN(C)C(=O)c1cc(C(=O)O)c(CC)o1. The molecule has 0 aliphatic heterocycles. The number of carbonyl (C=O) groups excluding carboxylic acids is 1. The second kappa shape index (κ2) is 6.78. The van der Waals surface area contributed by atoms with Crippen molar-refractivity contribution in [1.29, 1.82) is 0 Å². The second-order valence-corrected chi connectivity index (χ2v) is 4.26. The number of rotatable bonds is 7. The van der Waals surface area contributed by atoms with Gasteiger partial charge in [0.05, 0.1) is 0 Å². The van der Waals surface area contributed by atoms with Gasteiger partial charge >= 0.3 is 5.97 Å². The van der Waals surface area contributed by atoms with E-state index in [1.807, 2.05) is 0 Å². The minimum absolute atomic E-state index is 0.0605. The van der Waals surface area contributed by atoms with Gasteiger partial charge in [0.2, 0.25) is 0 Å². The van der Waals surface area contributed by atoms with Crippen molar-refractivity contribution in [2.75, 3.05) is 13.6 Å². The third-order valence-corrected chi connectivity index (χ3v) is 2.82. The van der Waals surface area contributed by atoms with E-state index in [0.29, 0.717) is 18.7 Å². The Morgan fingerprint density at radius 3 is 2.68 bits per heavy atom. The summed E-state index contributed by atoms with van der Waals surface area (Å²) in [6.07, 6.45) is 3.88. The molecule has 1 N–H and O–H groups in total. The van der Waals surface area contributed by atoms with Crippen molar-refractivity contribution in [3.63, 3.8) is 0 Å². The molecule has 0 aliphatic rings. The van der Waals surface area contributed by atoms with Crippen LogP contribution in [0.5, 0.6) is 0 Å². The number of amides is 1. The maximum Gasteiger partial charge on any atom is 0.339 e. The van der Waals surface area contributed by atoms with Crippen LogP contribution in [-0.4, -0.2) is 35.5 Å². The summed E-state index contributed by atoms with van der Waals surface area (Å²) in [6.45, 7) is 5.98. The number of carbonyl (C=O) groups is 2. The zero-order chi connectivity index (χ0) is 14.4. The fourth-order valence-electron chi connectivity index (χ4n) is 1.74. The Morgan fingerprint density at radius 1 is 1.53 bits per heavy atom. The molecule has 0 saturated carbocycles. The normalized spacial score (nSPS) is 10.2. The molecule has 0 aliphatic carbocycles. The van der Waals surface area contributed by atoms with Gasteiger partial charge in [-0.3, -0.25) is 4.79 Å². The maximum atomic E-state index is 12.1. The highest BCUT2D eigenvalue weighted by Gasteiger charge is 2.21. The molecular formula is C14H19NO4. The predicted octanol–water partition coefficient (Wildman–Crippen LogP) is 2.58. The van der Waals surface area contributed by atoms with E-state index in [9.17, 15) is 9.59 Å². The summed E-state index contributed by atoms with van der Waals surface area (Å²) in [7, 11) is 1.67. The van der Waals surface area contributed by atoms with Gasteiger partial charge in [0, 0.05) is 26.1 Å². The highest BCUT2D eigenvalue weighted by atomic mass is 16.4. The average Bonchev–Trinajstić information content (AvgIpc) is 2.82. The highest BCUT2D eigenvalue weighted by Crippen LogP contribution is 2.18. The molecule has 19 heavy (non-hydrogen) atoms. The highest BCUT2D eigenvalue weighted by molar-refractivity contribution is 5.96. The minimum Gasteiger partial charge on any atom is -0.478 e. The number of unbranched alkanes of at least 4 members (excludes halogenated alkanes) is 1. The molecule has 1 heterocycles. The Morgan fingerprint density at radius 2 is 2.21 bits per heavy atom. The molecular weight excluding hydrogens is 246 g/mol.